The lowest BCUT2D eigenvalue weighted by Crippen LogP contribution is -2.12. The molecular weight excluding hydrogens is 246 g/mol. The van der Waals surface area contributed by atoms with Crippen molar-refractivity contribution in [2.75, 3.05) is 25.6 Å². The van der Waals surface area contributed by atoms with E-state index < -0.39 is 0 Å². The smallest absolute Gasteiger partial charge is 0.318 e. The molecule has 0 aromatic carbocycles. The molecule has 0 atom stereocenters. The fourth-order valence-corrected chi connectivity index (χ4v) is 1.25. The highest BCUT2D eigenvalue weighted by molar-refractivity contribution is 6.32. The average molecular weight is 260 g/mol. The maximum Gasteiger partial charge on any atom is 0.318 e. The third kappa shape index (κ3) is 4.44. The number of aromatic nitrogens is 2. The zero-order valence-electron chi connectivity index (χ0n) is 9.70. The first kappa shape index (κ1) is 13.5. The van der Waals surface area contributed by atoms with Gasteiger partial charge in [0.15, 0.2) is 5.82 Å². The maximum atomic E-state index is 11.1. The average Bonchev–Trinajstić information content (AvgIpc) is 2.32. The molecule has 0 saturated heterocycles. The quantitative estimate of drug-likeness (QED) is 0.781. The van der Waals surface area contributed by atoms with Gasteiger partial charge in [0.05, 0.1) is 26.3 Å². The van der Waals surface area contributed by atoms with Gasteiger partial charge in [0, 0.05) is 6.54 Å². The molecule has 0 aliphatic carbocycles. The summed E-state index contributed by atoms with van der Waals surface area (Å²) in [5.74, 6) is 0.167. The summed E-state index contributed by atoms with van der Waals surface area (Å²) >= 11 is 5.87. The van der Waals surface area contributed by atoms with Crippen LogP contribution in [0.5, 0.6) is 6.01 Å². The van der Waals surface area contributed by atoms with Crippen molar-refractivity contribution in [3.8, 4) is 6.01 Å². The monoisotopic (exact) mass is 259 g/mol. The molecule has 0 saturated carbocycles. The topological polar surface area (TPSA) is 73.3 Å². The molecule has 1 rings (SSSR count). The minimum Gasteiger partial charge on any atom is -0.467 e. The van der Waals surface area contributed by atoms with E-state index >= 15 is 0 Å². The van der Waals surface area contributed by atoms with E-state index in [0.29, 0.717) is 24.0 Å². The van der Waals surface area contributed by atoms with Crippen molar-refractivity contribution in [2.45, 2.75) is 13.3 Å². The highest BCUT2D eigenvalue weighted by Gasteiger charge is 2.06. The maximum absolute atomic E-state index is 11.1. The van der Waals surface area contributed by atoms with Crippen LogP contribution in [0.1, 0.15) is 13.3 Å². The molecule has 0 bridgehead atoms. The van der Waals surface area contributed by atoms with Gasteiger partial charge in [-0.15, -0.1) is 0 Å². The van der Waals surface area contributed by atoms with Crippen molar-refractivity contribution in [3.63, 3.8) is 0 Å². The fraction of sp³-hybridized carbons (Fsp3) is 0.500. The first-order valence-corrected chi connectivity index (χ1v) is 5.51. The number of carbonyl (C=O) groups excluding carboxylic acids is 1. The first-order chi connectivity index (χ1) is 8.17. The SMILES string of the molecule is CCOC(=O)CCNc1nc(OC)ncc1Cl. The van der Waals surface area contributed by atoms with Crippen molar-refractivity contribution in [1.29, 1.82) is 0 Å². The van der Waals surface area contributed by atoms with Crippen molar-refractivity contribution in [3.05, 3.63) is 11.2 Å². The molecular formula is C10H14ClN3O3. The van der Waals surface area contributed by atoms with Gasteiger partial charge in [0.1, 0.15) is 5.02 Å². The second-order valence-corrected chi connectivity index (χ2v) is 3.44. The number of rotatable bonds is 6. The van der Waals surface area contributed by atoms with Crippen LogP contribution >= 0.6 is 11.6 Å². The number of hydrogen-bond acceptors (Lipinski definition) is 6. The zero-order valence-corrected chi connectivity index (χ0v) is 10.5. The van der Waals surface area contributed by atoms with Gasteiger partial charge in [-0.3, -0.25) is 4.79 Å². The summed E-state index contributed by atoms with van der Waals surface area (Å²) in [7, 11) is 1.46. The van der Waals surface area contributed by atoms with E-state index in [4.69, 9.17) is 21.1 Å². The number of nitrogens with zero attached hydrogens (tertiary/aromatic N) is 2. The van der Waals surface area contributed by atoms with Crippen LogP contribution in [0.25, 0.3) is 0 Å². The van der Waals surface area contributed by atoms with Crippen LogP contribution in [-0.4, -0.2) is 36.2 Å². The molecule has 7 heteroatoms. The van der Waals surface area contributed by atoms with Gasteiger partial charge in [-0.1, -0.05) is 11.6 Å². The van der Waals surface area contributed by atoms with Gasteiger partial charge < -0.3 is 14.8 Å². The van der Waals surface area contributed by atoms with Gasteiger partial charge in [-0.2, -0.15) is 4.98 Å². The highest BCUT2D eigenvalue weighted by atomic mass is 35.5. The van der Waals surface area contributed by atoms with E-state index in [1.54, 1.807) is 6.92 Å². The molecule has 94 valence electrons. The molecule has 0 amide bonds. The number of halogens is 1. The Morgan fingerprint density at radius 2 is 2.35 bits per heavy atom. The van der Waals surface area contributed by atoms with Gasteiger partial charge in [0.25, 0.3) is 0 Å². The predicted molar refractivity (Wildman–Crippen MR) is 63.3 cm³/mol. The van der Waals surface area contributed by atoms with Crippen molar-refractivity contribution >= 4 is 23.4 Å². The highest BCUT2D eigenvalue weighted by Crippen LogP contribution is 2.19. The molecule has 1 aromatic heterocycles. The molecule has 6 nitrogen and oxygen atoms in total. The number of hydrogen-bond donors (Lipinski definition) is 1. The summed E-state index contributed by atoms with van der Waals surface area (Å²) < 4.78 is 9.65. The largest absolute Gasteiger partial charge is 0.467 e. The van der Waals surface area contributed by atoms with Crippen LogP contribution < -0.4 is 10.1 Å². The molecule has 0 aliphatic heterocycles. The molecule has 1 N–H and O–H groups in total. The first-order valence-electron chi connectivity index (χ1n) is 5.13. The molecule has 0 radical (unpaired) electrons. The van der Waals surface area contributed by atoms with Gasteiger partial charge in [0.2, 0.25) is 0 Å². The van der Waals surface area contributed by atoms with E-state index in [9.17, 15) is 4.79 Å². The third-order valence-corrected chi connectivity index (χ3v) is 2.11. The second kappa shape index (κ2) is 6.90. The van der Waals surface area contributed by atoms with Crippen LogP contribution in [0.3, 0.4) is 0 Å². The van der Waals surface area contributed by atoms with Crippen LogP contribution in [-0.2, 0) is 9.53 Å². The van der Waals surface area contributed by atoms with E-state index in [1.165, 1.54) is 13.3 Å². The van der Waals surface area contributed by atoms with Crippen LogP contribution in [0.15, 0.2) is 6.20 Å². The Morgan fingerprint density at radius 3 is 3.00 bits per heavy atom. The summed E-state index contributed by atoms with van der Waals surface area (Å²) in [6.45, 7) is 2.52. The van der Waals surface area contributed by atoms with Crippen molar-refractivity contribution < 1.29 is 14.3 Å². The predicted octanol–water partition coefficient (Wildman–Crippen LogP) is 1.50. The van der Waals surface area contributed by atoms with Crippen LogP contribution in [0.4, 0.5) is 5.82 Å². The minimum absolute atomic E-state index is 0.216. The van der Waals surface area contributed by atoms with Gasteiger partial charge in [-0.25, -0.2) is 4.98 Å². The Hall–Kier alpha value is -1.56. The Balaban J connectivity index is 2.48. The van der Waals surface area contributed by atoms with E-state index in [2.05, 4.69) is 15.3 Å². The molecule has 17 heavy (non-hydrogen) atoms. The Morgan fingerprint density at radius 1 is 1.59 bits per heavy atom. The molecule has 0 fully saturated rings. The number of ether oxygens (including phenoxy) is 2. The lowest BCUT2D eigenvalue weighted by molar-refractivity contribution is -0.142. The Labute approximate surface area is 104 Å². The van der Waals surface area contributed by atoms with Crippen LogP contribution in [0, 0.1) is 0 Å². The molecule has 0 unspecified atom stereocenters. The van der Waals surface area contributed by atoms with E-state index in [1.807, 2.05) is 0 Å². The van der Waals surface area contributed by atoms with E-state index in [-0.39, 0.29) is 18.4 Å². The van der Waals surface area contributed by atoms with Crippen LogP contribution in [0.2, 0.25) is 5.02 Å². The van der Waals surface area contributed by atoms with Gasteiger partial charge in [-0.05, 0) is 6.92 Å². The summed E-state index contributed by atoms with van der Waals surface area (Å²) in [6, 6.07) is 0.216. The van der Waals surface area contributed by atoms with Gasteiger partial charge >= 0.3 is 12.0 Å². The van der Waals surface area contributed by atoms with Crippen molar-refractivity contribution in [1.82, 2.24) is 9.97 Å². The number of methoxy groups -OCH3 is 1. The normalized spacial score (nSPS) is 9.82. The zero-order chi connectivity index (χ0) is 12.7. The molecule has 1 aromatic rings. The lowest BCUT2D eigenvalue weighted by Gasteiger charge is -2.07. The number of esters is 1. The number of nitrogens with one attached hydrogen (secondary N) is 1. The third-order valence-electron chi connectivity index (χ3n) is 1.83. The number of carbonyl (C=O) groups is 1. The second-order valence-electron chi connectivity index (χ2n) is 3.04. The summed E-state index contributed by atoms with van der Waals surface area (Å²) in [5, 5.41) is 3.28. The minimum atomic E-state index is -0.267. The Bertz CT molecular complexity index is 387. The molecule has 0 spiro atoms. The summed E-state index contributed by atoms with van der Waals surface area (Å²) in [5.41, 5.74) is 0. The molecule has 1 heterocycles. The lowest BCUT2D eigenvalue weighted by atomic mass is 10.4. The number of anilines is 1. The summed E-state index contributed by atoms with van der Waals surface area (Å²) in [4.78, 5) is 18.9. The standard InChI is InChI=1S/C10H14ClN3O3/c1-3-17-8(15)4-5-12-9-7(11)6-13-10(14-9)16-2/h6H,3-5H2,1-2H3,(H,12,13,14). The molecule has 0 aliphatic rings. The van der Waals surface area contributed by atoms with Crippen molar-refractivity contribution in [2.24, 2.45) is 0 Å². The fourth-order valence-electron chi connectivity index (χ4n) is 1.09. The van der Waals surface area contributed by atoms with E-state index in [0.717, 1.165) is 0 Å². The summed E-state index contributed by atoms with van der Waals surface area (Å²) in [6.07, 6.45) is 1.68. The Kier molecular flexibility index (Phi) is 5.48.